The summed E-state index contributed by atoms with van der Waals surface area (Å²) < 4.78 is 33.2. The van der Waals surface area contributed by atoms with Crippen LogP contribution in [0.5, 0.6) is 11.6 Å². The number of hydrogen-bond acceptors (Lipinski definition) is 7. The lowest BCUT2D eigenvalue weighted by Gasteiger charge is -2.19. The molecule has 39 heavy (non-hydrogen) atoms. The fourth-order valence-corrected chi connectivity index (χ4v) is 3.52. The zero-order valence-electron chi connectivity index (χ0n) is 21.7. The number of nitrogens with one attached hydrogen (secondary N) is 3. The largest absolute Gasteiger partial charge is 0.436 e. The van der Waals surface area contributed by atoms with Gasteiger partial charge in [-0.2, -0.15) is 0 Å². The van der Waals surface area contributed by atoms with E-state index in [-0.39, 0.29) is 40.7 Å². The maximum atomic E-state index is 14.7. The Hall–Kier alpha value is -4.23. The van der Waals surface area contributed by atoms with Gasteiger partial charge in [0.2, 0.25) is 11.8 Å². The van der Waals surface area contributed by atoms with Gasteiger partial charge in [0.25, 0.3) is 0 Å². The summed E-state index contributed by atoms with van der Waals surface area (Å²) in [7, 11) is 5.60. The maximum absolute atomic E-state index is 14.7. The Kier molecular flexibility index (Phi) is 10.6. The van der Waals surface area contributed by atoms with Crippen molar-refractivity contribution in [3.63, 3.8) is 0 Å². The Morgan fingerprint density at radius 2 is 1.72 bits per heavy atom. The van der Waals surface area contributed by atoms with E-state index in [2.05, 4.69) is 25.9 Å². The lowest BCUT2D eigenvalue weighted by atomic mass is 10.1. The molecule has 0 aliphatic rings. The molecule has 0 unspecified atom stereocenters. The normalized spacial score (nSPS) is 10.6. The highest BCUT2D eigenvalue weighted by atomic mass is 32.1. The van der Waals surface area contributed by atoms with Crippen molar-refractivity contribution in [3.8, 4) is 11.6 Å². The van der Waals surface area contributed by atoms with E-state index in [9.17, 15) is 18.4 Å². The average Bonchev–Trinajstić information content (AvgIpc) is 2.87. The van der Waals surface area contributed by atoms with Gasteiger partial charge in [-0.05, 0) is 69.1 Å². The molecule has 0 radical (unpaired) electrons. The number of nitrogens with zero attached hydrogens (tertiary/aromatic N) is 4. The van der Waals surface area contributed by atoms with E-state index in [1.165, 1.54) is 53.7 Å². The molecule has 1 heterocycles. The van der Waals surface area contributed by atoms with E-state index in [1.807, 2.05) is 19.0 Å². The zero-order valence-corrected chi connectivity index (χ0v) is 22.5. The van der Waals surface area contributed by atoms with Gasteiger partial charge in [0.05, 0.1) is 6.42 Å². The summed E-state index contributed by atoms with van der Waals surface area (Å²) in [6, 6.07) is 10.6. The van der Waals surface area contributed by atoms with Gasteiger partial charge in [0.15, 0.2) is 16.7 Å². The summed E-state index contributed by atoms with van der Waals surface area (Å²) in [5.74, 6) is -1.42. The number of carbonyl (C=O) groups is 2. The SMILES string of the molecule is CN(C)CCCN(C)C(=O)Nc1cc(Oc2ccc(NC(=S)NC(=O)Cc3ccc(F)cc3)cc2F)ncn1. The number of ether oxygens (including phenoxy) is 1. The predicted molar refractivity (Wildman–Crippen MR) is 148 cm³/mol. The maximum Gasteiger partial charge on any atom is 0.322 e. The van der Waals surface area contributed by atoms with Gasteiger partial charge >= 0.3 is 6.03 Å². The van der Waals surface area contributed by atoms with Crippen molar-refractivity contribution in [1.82, 2.24) is 25.1 Å². The number of thiocarbonyl (C=S) groups is 1. The first-order chi connectivity index (χ1) is 18.6. The minimum Gasteiger partial charge on any atom is -0.436 e. The molecule has 0 atom stereocenters. The van der Waals surface area contributed by atoms with E-state index in [4.69, 9.17) is 17.0 Å². The van der Waals surface area contributed by atoms with Crippen LogP contribution in [0.1, 0.15) is 12.0 Å². The summed E-state index contributed by atoms with van der Waals surface area (Å²) >= 11 is 5.12. The molecule has 0 saturated heterocycles. The molecule has 0 aliphatic heterocycles. The third kappa shape index (κ3) is 9.87. The van der Waals surface area contributed by atoms with Gasteiger partial charge in [-0.1, -0.05) is 12.1 Å². The van der Waals surface area contributed by atoms with Crippen LogP contribution in [-0.4, -0.2) is 71.1 Å². The molecule has 3 rings (SSSR count). The number of halogens is 2. The lowest BCUT2D eigenvalue weighted by Crippen LogP contribution is -2.35. The van der Waals surface area contributed by atoms with Crippen molar-refractivity contribution < 1.29 is 23.1 Å². The van der Waals surface area contributed by atoms with Crippen LogP contribution in [0.15, 0.2) is 54.9 Å². The van der Waals surface area contributed by atoms with E-state index in [0.717, 1.165) is 19.0 Å². The number of rotatable bonds is 10. The third-order valence-electron chi connectivity index (χ3n) is 5.26. The minimum absolute atomic E-state index is 0.00262. The second-order valence-electron chi connectivity index (χ2n) is 8.80. The first kappa shape index (κ1) is 29.3. The number of anilines is 2. The van der Waals surface area contributed by atoms with Gasteiger partial charge in [-0.15, -0.1) is 0 Å². The van der Waals surface area contributed by atoms with Crippen molar-refractivity contribution >= 4 is 40.8 Å². The summed E-state index contributed by atoms with van der Waals surface area (Å²) in [6.45, 7) is 1.41. The Bertz CT molecular complexity index is 1310. The number of urea groups is 1. The Balaban J connectivity index is 1.53. The second kappa shape index (κ2) is 14.1. The standard InChI is InChI=1S/C26H29F2N7O3S/c1-34(2)11-4-12-35(3)26(37)32-22-15-24(30-16-29-22)38-21-10-9-19(14-20(21)28)31-25(39)33-23(36)13-17-5-7-18(27)8-6-17/h5-10,14-16H,4,11-13H2,1-3H3,(H,29,30,32,37)(H2,31,33,36,39). The highest BCUT2D eigenvalue weighted by molar-refractivity contribution is 7.80. The van der Waals surface area contributed by atoms with Gasteiger partial charge in [-0.3, -0.25) is 10.1 Å². The molecule has 10 nitrogen and oxygen atoms in total. The molecular formula is C26H29F2N7O3S. The fraction of sp³-hybridized carbons (Fsp3) is 0.269. The smallest absolute Gasteiger partial charge is 0.322 e. The number of benzene rings is 2. The van der Waals surface area contributed by atoms with Crippen molar-refractivity contribution in [2.24, 2.45) is 0 Å². The van der Waals surface area contributed by atoms with E-state index in [1.54, 1.807) is 7.05 Å². The summed E-state index contributed by atoms with van der Waals surface area (Å²) in [4.78, 5) is 36.1. The summed E-state index contributed by atoms with van der Waals surface area (Å²) in [5, 5.41) is 7.84. The molecular weight excluding hydrogens is 528 g/mol. The van der Waals surface area contributed by atoms with E-state index >= 15 is 0 Å². The number of aromatic nitrogens is 2. The van der Waals surface area contributed by atoms with Gasteiger partial charge in [0.1, 0.15) is 18.0 Å². The topological polar surface area (TPSA) is 112 Å². The Labute approximate surface area is 230 Å². The van der Waals surface area contributed by atoms with Crippen LogP contribution in [0.2, 0.25) is 0 Å². The average molecular weight is 558 g/mol. The second-order valence-corrected chi connectivity index (χ2v) is 9.21. The van der Waals surface area contributed by atoms with E-state index < -0.39 is 17.5 Å². The molecule has 3 N–H and O–H groups in total. The minimum atomic E-state index is -0.717. The van der Waals surface area contributed by atoms with Gasteiger partial charge in [0, 0.05) is 31.4 Å². The van der Waals surface area contributed by atoms with Crippen molar-refractivity contribution in [3.05, 3.63) is 72.1 Å². The van der Waals surface area contributed by atoms with Gasteiger partial charge < -0.3 is 25.2 Å². The first-order valence-corrected chi connectivity index (χ1v) is 12.3. The molecule has 13 heteroatoms. The quantitative estimate of drug-likeness (QED) is 0.321. The molecule has 206 valence electrons. The van der Waals surface area contributed by atoms with E-state index in [0.29, 0.717) is 12.1 Å². The molecule has 0 saturated carbocycles. The molecule has 3 aromatic rings. The Morgan fingerprint density at radius 1 is 0.974 bits per heavy atom. The molecule has 3 amide bonds. The van der Waals surface area contributed by atoms with Crippen LogP contribution in [0, 0.1) is 11.6 Å². The molecule has 2 aromatic carbocycles. The molecule has 0 fully saturated rings. The lowest BCUT2D eigenvalue weighted by molar-refractivity contribution is -0.119. The highest BCUT2D eigenvalue weighted by Gasteiger charge is 2.13. The molecule has 0 bridgehead atoms. The monoisotopic (exact) mass is 557 g/mol. The van der Waals surface area contributed by atoms with Crippen molar-refractivity contribution in [1.29, 1.82) is 0 Å². The summed E-state index contributed by atoms with van der Waals surface area (Å²) in [5.41, 5.74) is 0.892. The number of amides is 3. The third-order valence-corrected chi connectivity index (χ3v) is 5.46. The summed E-state index contributed by atoms with van der Waals surface area (Å²) in [6.07, 6.45) is 2.00. The zero-order chi connectivity index (χ0) is 28.4. The fourth-order valence-electron chi connectivity index (χ4n) is 3.29. The van der Waals surface area contributed by atoms with Crippen LogP contribution in [-0.2, 0) is 11.2 Å². The number of hydrogen-bond donors (Lipinski definition) is 3. The van der Waals surface area contributed by atoms with Crippen molar-refractivity contribution in [2.45, 2.75) is 12.8 Å². The predicted octanol–water partition coefficient (Wildman–Crippen LogP) is 4.02. The van der Waals surface area contributed by atoms with Gasteiger partial charge in [-0.25, -0.2) is 23.5 Å². The van der Waals surface area contributed by atoms with Crippen molar-refractivity contribution in [2.75, 3.05) is 44.9 Å². The van der Waals surface area contributed by atoms with Crippen LogP contribution in [0.4, 0.5) is 25.1 Å². The van der Waals surface area contributed by atoms with Crippen LogP contribution in [0.3, 0.4) is 0 Å². The molecule has 1 aromatic heterocycles. The van der Waals surface area contributed by atoms with Crippen LogP contribution >= 0.6 is 12.2 Å². The Morgan fingerprint density at radius 3 is 2.41 bits per heavy atom. The number of carbonyl (C=O) groups excluding carboxylic acids is 2. The molecule has 0 spiro atoms. The molecule has 0 aliphatic carbocycles. The van der Waals surface area contributed by atoms with Crippen LogP contribution in [0.25, 0.3) is 0 Å². The van der Waals surface area contributed by atoms with Crippen LogP contribution < -0.4 is 20.7 Å². The highest BCUT2D eigenvalue weighted by Crippen LogP contribution is 2.26. The first-order valence-electron chi connectivity index (χ1n) is 11.9.